The van der Waals surface area contributed by atoms with Crippen molar-refractivity contribution in [3.63, 3.8) is 0 Å². The number of carbonyl (C=O) groups is 2. The van der Waals surface area contributed by atoms with E-state index in [4.69, 9.17) is 4.84 Å². The van der Waals surface area contributed by atoms with E-state index in [0.717, 1.165) is 11.1 Å². The fourth-order valence-corrected chi connectivity index (χ4v) is 3.82. The zero-order valence-electron chi connectivity index (χ0n) is 18.3. The highest BCUT2D eigenvalue weighted by molar-refractivity contribution is 5.99. The monoisotopic (exact) mass is 444 g/mol. The lowest BCUT2D eigenvalue weighted by atomic mass is 9.91. The maximum atomic E-state index is 13.0. The Morgan fingerprint density at radius 1 is 1.00 bits per heavy atom. The first-order chi connectivity index (χ1) is 16.0. The summed E-state index contributed by atoms with van der Waals surface area (Å²) in [6.45, 7) is 0.391. The van der Waals surface area contributed by atoms with Crippen LogP contribution in [0.3, 0.4) is 0 Å². The van der Waals surface area contributed by atoms with Gasteiger partial charge in [0.15, 0.2) is 5.76 Å². The Morgan fingerprint density at radius 2 is 1.61 bits per heavy atom. The Morgan fingerprint density at radius 3 is 2.18 bits per heavy atom. The number of methoxy groups -OCH3 is 1. The molecule has 0 aliphatic carbocycles. The number of nitrogens with one attached hydrogen (secondary N) is 1. The first-order valence-corrected chi connectivity index (χ1v) is 10.5. The van der Waals surface area contributed by atoms with Crippen LogP contribution in [-0.4, -0.2) is 37.7 Å². The molecule has 0 saturated heterocycles. The molecule has 1 amide bonds. The molecule has 0 atom stereocenters. The summed E-state index contributed by atoms with van der Waals surface area (Å²) in [5, 5.41) is 14.9. The molecule has 0 unspecified atom stereocenters. The van der Waals surface area contributed by atoms with Crippen LogP contribution in [0, 0.1) is 0 Å². The summed E-state index contributed by atoms with van der Waals surface area (Å²) in [5.41, 5.74) is 3.36. The highest BCUT2D eigenvalue weighted by atomic mass is 16.7. The smallest absolute Gasteiger partial charge is 0.380 e. The van der Waals surface area contributed by atoms with E-state index in [-0.39, 0.29) is 23.3 Å². The van der Waals surface area contributed by atoms with E-state index in [0.29, 0.717) is 23.4 Å². The first kappa shape index (κ1) is 22.0. The molecule has 7 nitrogen and oxygen atoms in total. The lowest BCUT2D eigenvalue weighted by Gasteiger charge is -2.28. The van der Waals surface area contributed by atoms with E-state index >= 15 is 0 Å². The van der Waals surface area contributed by atoms with E-state index in [1.54, 1.807) is 19.2 Å². The van der Waals surface area contributed by atoms with Crippen LogP contribution in [0.4, 0.5) is 5.69 Å². The van der Waals surface area contributed by atoms with Crippen LogP contribution < -0.4 is 10.4 Å². The van der Waals surface area contributed by atoms with Crippen molar-refractivity contribution in [2.24, 2.45) is 0 Å². The minimum absolute atomic E-state index is 0.0206. The molecule has 2 N–H and O–H groups in total. The van der Waals surface area contributed by atoms with Crippen molar-refractivity contribution in [2.45, 2.75) is 5.92 Å². The third kappa shape index (κ3) is 4.52. The molecule has 3 aromatic carbocycles. The van der Waals surface area contributed by atoms with Gasteiger partial charge in [-0.3, -0.25) is 4.79 Å². The molecule has 7 heteroatoms. The number of rotatable bonds is 6. The van der Waals surface area contributed by atoms with Crippen molar-refractivity contribution < 1.29 is 24.3 Å². The van der Waals surface area contributed by atoms with Gasteiger partial charge in [0.1, 0.15) is 0 Å². The van der Waals surface area contributed by atoms with Crippen molar-refractivity contribution >= 4 is 23.3 Å². The van der Waals surface area contributed by atoms with Gasteiger partial charge in [-0.1, -0.05) is 60.7 Å². The quantitative estimate of drug-likeness (QED) is 0.558. The van der Waals surface area contributed by atoms with Crippen LogP contribution in [-0.2, 0) is 14.4 Å². The lowest BCUT2D eigenvalue weighted by molar-refractivity contribution is -0.140. The van der Waals surface area contributed by atoms with Crippen molar-refractivity contribution in [1.82, 2.24) is 5.32 Å². The van der Waals surface area contributed by atoms with E-state index in [2.05, 4.69) is 10.1 Å². The number of hydrogen-bond acceptors (Lipinski definition) is 6. The number of aliphatic hydroxyl groups is 1. The average Bonchev–Trinajstić information content (AvgIpc) is 2.86. The normalized spacial score (nSPS) is 12.8. The molecule has 0 fully saturated rings. The number of ether oxygens (including phenoxy) is 1. The van der Waals surface area contributed by atoms with Gasteiger partial charge in [0.05, 0.1) is 12.8 Å². The molecule has 0 radical (unpaired) electrons. The van der Waals surface area contributed by atoms with Crippen molar-refractivity contribution in [3.8, 4) is 0 Å². The van der Waals surface area contributed by atoms with Crippen LogP contribution in [0.2, 0.25) is 0 Å². The summed E-state index contributed by atoms with van der Waals surface area (Å²) in [6, 6.07) is 24.8. The Hall–Kier alpha value is -4.26. The minimum atomic E-state index is -0.812. The van der Waals surface area contributed by atoms with Gasteiger partial charge in [-0.05, 0) is 29.3 Å². The SMILES string of the molecule is COC(=O)C1=C(O)c2cc(C(=O)NCC(c3ccccc3)c3ccccc3)ccc2N(C)O1. The number of amides is 1. The van der Waals surface area contributed by atoms with Crippen LogP contribution in [0.25, 0.3) is 5.76 Å². The minimum Gasteiger partial charge on any atom is -0.504 e. The van der Waals surface area contributed by atoms with Gasteiger partial charge in [0.25, 0.3) is 11.7 Å². The van der Waals surface area contributed by atoms with Crippen LogP contribution in [0.5, 0.6) is 0 Å². The summed E-state index contributed by atoms with van der Waals surface area (Å²) in [4.78, 5) is 30.3. The standard InChI is InChI=1S/C26H24N2O5/c1-28-22-14-13-19(15-20(22)23(29)24(33-28)26(31)32-2)25(30)27-16-21(17-9-5-3-6-10-17)18-11-7-4-8-12-18/h3-15,21,29H,16H2,1-2H3,(H,27,30). The molecule has 1 aliphatic heterocycles. The predicted molar refractivity (Wildman–Crippen MR) is 125 cm³/mol. The van der Waals surface area contributed by atoms with Crippen LogP contribution in [0.15, 0.2) is 84.6 Å². The number of carbonyl (C=O) groups excluding carboxylic acids is 2. The first-order valence-electron chi connectivity index (χ1n) is 10.5. The van der Waals surface area contributed by atoms with Crippen molar-refractivity contribution in [1.29, 1.82) is 0 Å². The van der Waals surface area contributed by atoms with Crippen LogP contribution >= 0.6 is 0 Å². The number of hydrogen-bond donors (Lipinski definition) is 2. The number of fused-ring (bicyclic) bond motifs is 1. The van der Waals surface area contributed by atoms with Gasteiger partial charge >= 0.3 is 5.97 Å². The third-order valence-corrected chi connectivity index (χ3v) is 5.54. The number of hydroxylamine groups is 1. The molecular weight excluding hydrogens is 420 g/mol. The van der Waals surface area contributed by atoms with E-state index in [1.165, 1.54) is 18.2 Å². The topological polar surface area (TPSA) is 88.1 Å². The molecule has 1 heterocycles. The number of benzene rings is 3. The second-order valence-corrected chi connectivity index (χ2v) is 7.57. The molecule has 4 rings (SSSR count). The molecule has 0 aromatic heterocycles. The van der Waals surface area contributed by atoms with Gasteiger partial charge in [-0.25, -0.2) is 9.86 Å². The van der Waals surface area contributed by atoms with Gasteiger partial charge in [-0.2, -0.15) is 0 Å². The molecule has 0 bridgehead atoms. The zero-order valence-corrected chi connectivity index (χ0v) is 18.3. The fraction of sp³-hybridized carbons (Fsp3) is 0.154. The summed E-state index contributed by atoms with van der Waals surface area (Å²) in [7, 11) is 2.79. The van der Waals surface area contributed by atoms with E-state index in [9.17, 15) is 14.7 Å². The number of nitrogens with zero attached hydrogens (tertiary/aromatic N) is 1. The van der Waals surface area contributed by atoms with Crippen molar-refractivity contribution in [2.75, 3.05) is 25.8 Å². The van der Waals surface area contributed by atoms with Crippen LogP contribution in [0.1, 0.15) is 33.0 Å². The number of esters is 1. The molecule has 1 aliphatic rings. The van der Waals surface area contributed by atoms with Crippen molar-refractivity contribution in [3.05, 3.63) is 107 Å². The Labute approximate surface area is 191 Å². The molecule has 0 spiro atoms. The average molecular weight is 444 g/mol. The third-order valence-electron chi connectivity index (χ3n) is 5.54. The Kier molecular flexibility index (Phi) is 6.31. The molecule has 3 aromatic rings. The molecule has 33 heavy (non-hydrogen) atoms. The summed E-state index contributed by atoms with van der Waals surface area (Å²) >= 11 is 0. The summed E-state index contributed by atoms with van der Waals surface area (Å²) in [6.07, 6.45) is 0. The second kappa shape index (κ2) is 9.48. The highest BCUT2D eigenvalue weighted by Gasteiger charge is 2.30. The Balaban J connectivity index is 1.59. The van der Waals surface area contributed by atoms with E-state index in [1.807, 2.05) is 60.7 Å². The Bertz CT molecular complexity index is 1150. The van der Waals surface area contributed by atoms with Gasteiger partial charge < -0.3 is 20.0 Å². The van der Waals surface area contributed by atoms with E-state index < -0.39 is 5.97 Å². The summed E-state index contributed by atoms with van der Waals surface area (Å²) < 4.78 is 4.66. The molecule has 0 saturated carbocycles. The zero-order chi connectivity index (χ0) is 23.4. The molecule has 168 valence electrons. The van der Waals surface area contributed by atoms with Gasteiger partial charge in [-0.15, -0.1) is 0 Å². The maximum Gasteiger partial charge on any atom is 0.380 e. The molecular formula is C26H24N2O5. The van der Waals surface area contributed by atoms with Gasteiger partial charge in [0.2, 0.25) is 0 Å². The summed E-state index contributed by atoms with van der Waals surface area (Å²) in [5.74, 6) is -1.84. The second-order valence-electron chi connectivity index (χ2n) is 7.57. The highest BCUT2D eigenvalue weighted by Crippen LogP contribution is 2.34. The lowest BCUT2D eigenvalue weighted by Crippen LogP contribution is -2.30. The predicted octanol–water partition coefficient (Wildman–Crippen LogP) is 4.03. The van der Waals surface area contributed by atoms with Gasteiger partial charge in [0, 0.05) is 30.6 Å². The number of anilines is 1. The maximum absolute atomic E-state index is 13.0. The fourth-order valence-electron chi connectivity index (χ4n) is 3.82. The number of aliphatic hydroxyl groups excluding tert-OH is 1. The largest absolute Gasteiger partial charge is 0.504 e.